The number of unbranched alkanes of at least 4 members (excludes halogenated alkanes) is 6. The van der Waals surface area contributed by atoms with E-state index in [0.29, 0.717) is 17.9 Å². The Kier molecular flexibility index (Phi) is 12.2. The van der Waals surface area contributed by atoms with E-state index in [1.165, 1.54) is 76.2 Å². The van der Waals surface area contributed by atoms with E-state index < -0.39 is 17.9 Å². The number of hydrogen-bond acceptors (Lipinski definition) is 3. The number of Topliss-reactive ketones (excluding diaryl/α,β-unsaturated/α-hetero) is 1. The number of carbonyl (C=O) groups excluding carboxylic acids is 2. The van der Waals surface area contributed by atoms with E-state index in [9.17, 15) is 9.59 Å². The van der Waals surface area contributed by atoms with Crippen LogP contribution in [0.5, 0.6) is 0 Å². The van der Waals surface area contributed by atoms with Crippen LogP contribution < -0.4 is 0 Å². The minimum atomic E-state index is -0.839. The minimum Gasteiger partial charge on any atom is -0.450 e. The highest BCUT2D eigenvalue weighted by molar-refractivity contribution is 6.00. The topological polar surface area (TPSA) is 43.4 Å². The van der Waals surface area contributed by atoms with Gasteiger partial charge >= 0.3 is 5.97 Å². The Labute approximate surface area is 195 Å². The number of rotatable bonds is 14. The lowest BCUT2D eigenvalue weighted by molar-refractivity contribution is -0.122. The summed E-state index contributed by atoms with van der Waals surface area (Å²) in [6, 6.07) is 7.77. The second-order valence-electron chi connectivity index (χ2n) is 9.44. The van der Waals surface area contributed by atoms with Gasteiger partial charge in [0.2, 0.25) is 5.78 Å². The third kappa shape index (κ3) is 8.81. The SMILES string of the molecule is C#CC(=O)C(CCCC)OC(=O)c1ccc(C2CCC(CCCCCCCC)CC2)cc1. The van der Waals surface area contributed by atoms with Crippen LogP contribution in [0.4, 0.5) is 0 Å². The van der Waals surface area contributed by atoms with Gasteiger partial charge in [-0.2, -0.15) is 0 Å². The van der Waals surface area contributed by atoms with E-state index in [2.05, 4.69) is 25.0 Å². The Morgan fingerprint density at radius 2 is 1.56 bits per heavy atom. The first-order valence-electron chi connectivity index (χ1n) is 12.9. The van der Waals surface area contributed by atoms with E-state index in [1.807, 2.05) is 19.1 Å². The number of terminal acetylenes is 1. The lowest BCUT2D eigenvalue weighted by Crippen LogP contribution is -2.26. The predicted octanol–water partition coefficient (Wildman–Crippen LogP) is 7.63. The molecular formula is C29H42O3. The van der Waals surface area contributed by atoms with Crippen LogP contribution in [-0.2, 0) is 9.53 Å². The van der Waals surface area contributed by atoms with E-state index in [0.717, 1.165) is 18.8 Å². The summed E-state index contributed by atoms with van der Waals surface area (Å²) in [5, 5.41) is 0. The second kappa shape index (κ2) is 14.9. The molecule has 1 aromatic rings. The summed E-state index contributed by atoms with van der Waals surface area (Å²) < 4.78 is 5.43. The number of hydrogen-bond donors (Lipinski definition) is 0. The van der Waals surface area contributed by atoms with E-state index in [1.54, 1.807) is 0 Å². The Hall–Kier alpha value is -2.08. The predicted molar refractivity (Wildman–Crippen MR) is 132 cm³/mol. The highest BCUT2D eigenvalue weighted by Crippen LogP contribution is 2.37. The number of esters is 1. The average molecular weight is 439 g/mol. The summed E-state index contributed by atoms with van der Waals surface area (Å²) in [5.74, 6) is 2.64. The first-order valence-corrected chi connectivity index (χ1v) is 12.9. The summed E-state index contributed by atoms with van der Waals surface area (Å²) >= 11 is 0. The van der Waals surface area contributed by atoms with Crippen molar-refractivity contribution in [3.63, 3.8) is 0 Å². The molecule has 0 bridgehead atoms. The molecule has 1 unspecified atom stereocenters. The van der Waals surface area contributed by atoms with Gasteiger partial charge in [-0.1, -0.05) is 77.3 Å². The number of ketones is 1. The van der Waals surface area contributed by atoms with Gasteiger partial charge in [-0.25, -0.2) is 4.79 Å². The second-order valence-corrected chi connectivity index (χ2v) is 9.44. The van der Waals surface area contributed by atoms with E-state index in [-0.39, 0.29) is 0 Å². The summed E-state index contributed by atoms with van der Waals surface area (Å²) in [7, 11) is 0. The summed E-state index contributed by atoms with van der Waals surface area (Å²) in [4.78, 5) is 24.4. The fourth-order valence-corrected chi connectivity index (χ4v) is 4.81. The molecule has 0 spiro atoms. The zero-order valence-electron chi connectivity index (χ0n) is 20.2. The van der Waals surface area contributed by atoms with Gasteiger partial charge < -0.3 is 4.74 Å². The van der Waals surface area contributed by atoms with E-state index in [4.69, 9.17) is 11.2 Å². The molecule has 1 atom stereocenters. The summed E-state index contributed by atoms with van der Waals surface area (Å²) in [6.45, 7) is 4.30. The van der Waals surface area contributed by atoms with Crippen molar-refractivity contribution < 1.29 is 14.3 Å². The zero-order valence-corrected chi connectivity index (χ0v) is 20.2. The lowest BCUT2D eigenvalue weighted by atomic mass is 9.77. The van der Waals surface area contributed by atoms with Crippen molar-refractivity contribution in [1.29, 1.82) is 0 Å². The highest BCUT2D eigenvalue weighted by Gasteiger charge is 2.24. The smallest absolute Gasteiger partial charge is 0.338 e. The van der Waals surface area contributed by atoms with Crippen molar-refractivity contribution in [2.45, 2.75) is 116 Å². The summed E-state index contributed by atoms with van der Waals surface area (Å²) in [5.41, 5.74) is 1.79. The first kappa shape index (κ1) is 26.2. The van der Waals surface area contributed by atoms with E-state index >= 15 is 0 Å². The van der Waals surface area contributed by atoms with Gasteiger partial charge in [0, 0.05) is 0 Å². The fourth-order valence-electron chi connectivity index (χ4n) is 4.81. The van der Waals surface area contributed by atoms with Crippen LogP contribution in [0.25, 0.3) is 0 Å². The molecule has 0 saturated heterocycles. The van der Waals surface area contributed by atoms with Gasteiger partial charge in [-0.05, 0) is 74.0 Å². The van der Waals surface area contributed by atoms with Gasteiger partial charge in [0.25, 0.3) is 0 Å². The van der Waals surface area contributed by atoms with Crippen molar-refractivity contribution in [3.05, 3.63) is 35.4 Å². The zero-order chi connectivity index (χ0) is 23.2. The maximum atomic E-state index is 12.5. The van der Waals surface area contributed by atoms with Crippen molar-refractivity contribution in [1.82, 2.24) is 0 Å². The lowest BCUT2D eigenvalue weighted by Gasteiger charge is -2.29. The normalized spacial score (nSPS) is 19.2. The van der Waals surface area contributed by atoms with Crippen LogP contribution in [0.1, 0.15) is 126 Å². The molecule has 176 valence electrons. The highest BCUT2D eigenvalue weighted by atomic mass is 16.5. The maximum Gasteiger partial charge on any atom is 0.338 e. The first-order chi connectivity index (χ1) is 15.6. The Morgan fingerprint density at radius 1 is 0.938 bits per heavy atom. The molecule has 32 heavy (non-hydrogen) atoms. The van der Waals surface area contributed by atoms with Crippen LogP contribution in [0.15, 0.2) is 24.3 Å². The molecule has 0 N–H and O–H groups in total. The van der Waals surface area contributed by atoms with Crippen molar-refractivity contribution in [2.75, 3.05) is 0 Å². The molecule has 3 nitrogen and oxygen atoms in total. The largest absolute Gasteiger partial charge is 0.450 e. The molecule has 1 saturated carbocycles. The number of carbonyl (C=O) groups is 2. The van der Waals surface area contributed by atoms with Crippen LogP contribution in [0, 0.1) is 18.3 Å². The van der Waals surface area contributed by atoms with Crippen molar-refractivity contribution in [3.8, 4) is 12.3 Å². The number of benzene rings is 1. The molecule has 1 aliphatic carbocycles. The fraction of sp³-hybridized carbons (Fsp3) is 0.655. The minimum absolute atomic E-state index is 0.457. The van der Waals surface area contributed by atoms with Gasteiger partial charge in [-0.3, -0.25) is 4.79 Å². The molecule has 0 heterocycles. The molecule has 0 radical (unpaired) electrons. The molecule has 0 aliphatic heterocycles. The Bertz CT molecular complexity index is 720. The van der Waals surface area contributed by atoms with Crippen LogP contribution in [0.3, 0.4) is 0 Å². The molecule has 3 heteroatoms. The standard InChI is InChI=1S/C29H42O3/c1-4-7-9-10-11-12-13-23-15-17-24(18-16-23)25-19-21-26(22-20-25)29(31)32-28(14-8-5-2)27(30)6-3/h3,19-24,28H,4-5,7-18H2,1-2H3. The van der Waals surface area contributed by atoms with Gasteiger partial charge in [-0.15, -0.1) is 6.42 Å². The van der Waals surface area contributed by atoms with Crippen LogP contribution in [-0.4, -0.2) is 17.9 Å². The van der Waals surface area contributed by atoms with Crippen molar-refractivity contribution >= 4 is 11.8 Å². The van der Waals surface area contributed by atoms with Gasteiger partial charge in [0.1, 0.15) is 0 Å². The Balaban J connectivity index is 1.78. The monoisotopic (exact) mass is 438 g/mol. The molecule has 0 amide bonds. The molecule has 1 fully saturated rings. The van der Waals surface area contributed by atoms with Gasteiger partial charge in [0.05, 0.1) is 5.56 Å². The quantitative estimate of drug-likeness (QED) is 0.130. The molecule has 2 rings (SSSR count). The molecular weight excluding hydrogens is 396 g/mol. The van der Waals surface area contributed by atoms with Gasteiger partial charge in [0.15, 0.2) is 6.10 Å². The van der Waals surface area contributed by atoms with Crippen LogP contribution >= 0.6 is 0 Å². The molecule has 1 aliphatic rings. The summed E-state index contributed by atoms with van der Waals surface area (Å²) in [6.07, 6.45) is 21.3. The van der Waals surface area contributed by atoms with Crippen molar-refractivity contribution in [2.24, 2.45) is 5.92 Å². The Morgan fingerprint density at radius 3 is 2.19 bits per heavy atom. The molecule has 1 aromatic carbocycles. The third-order valence-electron chi connectivity index (χ3n) is 6.93. The average Bonchev–Trinajstić information content (AvgIpc) is 2.83. The maximum absolute atomic E-state index is 12.5. The number of ether oxygens (including phenoxy) is 1. The third-order valence-corrected chi connectivity index (χ3v) is 6.93. The molecule has 0 aromatic heterocycles. The van der Waals surface area contributed by atoms with Crippen LogP contribution in [0.2, 0.25) is 0 Å².